The molecule has 3 aliphatic rings. The number of piperazine rings is 1. The highest BCUT2D eigenvalue weighted by molar-refractivity contribution is 6.05. The van der Waals surface area contributed by atoms with Crippen molar-refractivity contribution < 1.29 is 24.3 Å². The van der Waals surface area contributed by atoms with Crippen LogP contribution in [0.4, 0.5) is 0 Å². The first kappa shape index (κ1) is 24.1. The molecule has 0 aliphatic carbocycles. The van der Waals surface area contributed by atoms with Gasteiger partial charge in [-0.2, -0.15) is 0 Å². The zero-order valence-electron chi connectivity index (χ0n) is 20.3. The standard InChI is InChI=1S/C24H29N7O5/c1-24(2)14-28(7-8-29(24)9-10-32)23(36)18-13-31(27-26-18)16-3-4-17-15(11-16)12-30(22(17)35)19-5-6-20(33)25-21(19)34/h3-4,11,13,19,32H,5-10,12,14H2,1-2H3,(H,25,33,34). The summed E-state index contributed by atoms with van der Waals surface area (Å²) < 4.78 is 1.50. The molecule has 12 heteroatoms. The number of carbonyl (C=O) groups excluding carboxylic acids is 4. The fourth-order valence-corrected chi connectivity index (χ4v) is 5.25. The first-order chi connectivity index (χ1) is 17.2. The molecule has 1 aromatic carbocycles. The van der Waals surface area contributed by atoms with Crippen LogP contribution in [0.2, 0.25) is 0 Å². The van der Waals surface area contributed by atoms with Crippen molar-refractivity contribution in [1.82, 2.24) is 35.0 Å². The molecule has 0 bridgehead atoms. The molecule has 0 radical (unpaired) electrons. The summed E-state index contributed by atoms with van der Waals surface area (Å²) in [5.74, 6) is -1.23. The average Bonchev–Trinajstić information content (AvgIpc) is 3.45. The maximum Gasteiger partial charge on any atom is 0.276 e. The highest BCUT2D eigenvalue weighted by Crippen LogP contribution is 2.29. The largest absolute Gasteiger partial charge is 0.395 e. The third-order valence-corrected chi connectivity index (χ3v) is 7.21. The van der Waals surface area contributed by atoms with Gasteiger partial charge in [0, 0.05) is 50.2 Å². The lowest BCUT2D eigenvalue weighted by atomic mass is 9.98. The fourth-order valence-electron chi connectivity index (χ4n) is 5.25. The number of piperidine rings is 1. The Bertz CT molecular complexity index is 1240. The Morgan fingerprint density at radius 3 is 2.75 bits per heavy atom. The van der Waals surface area contributed by atoms with Crippen molar-refractivity contribution in [3.05, 3.63) is 41.2 Å². The van der Waals surface area contributed by atoms with Crippen LogP contribution in [0.15, 0.2) is 24.4 Å². The predicted molar refractivity (Wildman–Crippen MR) is 126 cm³/mol. The summed E-state index contributed by atoms with van der Waals surface area (Å²) in [6, 6.07) is 4.54. The Morgan fingerprint density at radius 2 is 2.03 bits per heavy atom. The van der Waals surface area contributed by atoms with Crippen molar-refractivity contribution in [1.29, 1.82) is 0 Å². The maximum atomic E-state index is 13.1. The normalized spacial score (nSPS) is 22.1. The summed E-state index contributed by atoms with van der Waals surface area (Å²) in [7, 11) is 0. The van der Waals surface area contributed by atoms with Gasteiger partial charge in [0.1, 0.15) is 6.04 Å². The molecule has 5 rings (SSSR count). The second-order valence-electron chi connectivity index (χ2n) is 10.0. The van der Waals surface area contributed by atoms with Crippen LogP contribution in [0.3, 0.4) is 0 Å². The van der Waals surface area contributed by atoms with Crippen molar-refractivity contribution in [2.75, 3.05) is 32.8 Å². The third-order valence-electron chi connectivity index (χ3n) is 7.21. The van der Waals surface area contributed by atoms with Crippen LogP contribution in [-0.2, 0) is 16.1 Å². The summed E-state index contributed by atoms with van der Waals surface area (Å²) in [5, 5.41) is 19.8. The van der Waals surface area contributed by atoms with Crippen LogP contribution in [0, 0.1) is 0 Å². The number of nitrogens with one attached hydrogen (secondary N) is 1. The number of aliphatic hydroxyl groups is 1. The van der Waals surface area contributed by atoms with Gasteiger partial charge in [0.2, 0.25) is 11.8 Å². The van der Waals surface area contributed by atoms with Gasteiger partial charge in [-0.1, -0.05) is 5.21 Å². The number of hydrogen-bond donors (Lipinski definition) is 2. The molecule has 3 aliphatic heterocycles. The van der Waals surface area contributed by atoms with Gasteiger partial charge in [-0.3, -0.25) is 29.4 Å². The second kappa shape index (κ2) is 9.10. The van der Waals surface area contributed by atoms with E-state index >= 15 is 0 Å². The van der Waals surface area contributed by atoms with Gasteiger partial charge < -0.3 is 14.9 Å². The molecule has 0 spiro atoms. The molecule has 36 heavy (non-hydrogen) atoms. The number of aliphatic hydroxyl groups excluding tert-OH is 1. The molecule has 0 saturated carbocycles. The molecule has 12 nitrogen and oxygen atoms in total. The Morgan fingerprint density at radius 1 is 1.22 bits per heavy atom. The number of carbonyl (C=O) groups is 4. The third kappa shape index (κ3) is 4.26. The topological polar surface area (TPSA) is 141 Å². The maximum absolute atomic E-state index is 13.1. The Balaban J connectivity index is 1.30. The van der Waals surface area contributed by atoms with Crippen LogP contribution in [0.25, 0.3) is 5.69 Å². The lowest BCUT2D eigenvalue weighted by Crippen LogP contribution is -2.60. The Labute approximate surface area is 207 Å². The van der Waals surface area contributed by atoms with Crippen molar-refractivity contribution in [2.24, 2.45) is 0 Å². The zero-order chi connectivity index (χ0) is 25.6. The molecule has 1 unspecified atom stereocenters. The van der Waals surface area contributed by atoms with Gasteiger partial charge in [0.05, 0.1) is 18.5 Å². The number of amides is 4. The van der Waals surface area contributed by atoms with Crippen molar-refractivity contribution in [2.45, 2.75) is 44.8 Å². The van der Waals surface area contributed by atoms with E-state index in [4.69, 9.17) is 0 Å². The number of β-amino-alcohol motifs (C(OH)–C–C–N with tert-alkyl or cyclic N) is 1. The van der Waals surface area contributed by atoms with Crippen LogP contribution < -0.4 is 5.32 Å². The summed E-state index contributed by atoms with van der Waals surface area (Å²) >= 11 is 0. The molecule has 1 atom stereocenters. The van der Waals surface area contributed by atoms with E-state index in [0.717, 1.165) is 5.56 Å². The van der Waals surface area contributed by atoms with Crippen LogP contribution in [-0.4, -0.2) is 103 Å². The van der Waals surface area contributed by atoms with E-state index in [9.17, 15) is 24.3 Å². The van der Waals surface area contributed by atoms with Crippen LogP contribution in [0.1, 0.15) is 53.1 Å². The number of aromatic nitrogens is 3. The number of fused-ring (bicyclic) bond motifs is 1. The van der Waals surface area contributed by atoms with Crippen LogP contribution in [0.5, 0.6) is 0 Å². The monoisotopic (exact) mass is 495 g/mol. The Kier molecular flexibility index (Phi) is 6.08. The van der Waals surface area contributed by atoms with E-state index in [1.165, 1.54) is 9.58 Å². The lowest BCUT2D eigenvalue weighted by Gasteiger charge is -2.46. The summed E-state index contributed by atoms with van der Waals surface area (Å²) in [5.41, 5.74) is 1.85. The number of nitrogens with zero attached hydrogens (tertiary/aromatic N) is 6. The minimum absolute atomic E-state index is 0.0728. The molecule has 2 saturated heterocycles. The Hall–Kier alpha value is -3.64. The van der Waals surface area contributed by atoms with E-state index in [1.54, 1.807) is 29.3 Å². The number of benzene rings is 1. The number of hydrogen-bond acceptors (Lipinski definition) is 8. The average molecular weight is 496 g/mol. The fraction of sp³-hybridized carbons (Fsp3) is 0.500. The molecule has 4 heterocycles. The zero-order valence-corrected chi connectivity index (χ0v) is 20.3. The molecular formula is C24H29N7O5. The van der Waals surface area contributed by atoms with Gasteiger partial charge in [-0.25, -0.2) is 4.68 Å². The van der Waals surface area contributed by atoms with Crippen LogP contribution >= 0.6 is 0 Å². The minimum atomic E-state index is -0.677. The highest BCUT2D eigenvalue weighted by Gasteiger charge is 2.39. The number of rotatable bonds is 5. The van der Waals surface area contributed by atoms with Gasteiger partial charge in [-0.15, -0.1) is 5.10 Å². The summed E-state index contributed by atoms with van der Waals surface area (Å²) in [6.07, 6.45) is 2.08. The molecule has 1 aromatic heterocycles. The van der Waals surface area contributed by atoms with Gasteiger partial charge in [0.25, 0.3) is 11.8 Å². The van der Waals surface area contributed by atoms with Crippen molar-refractivity contribution >= 4 is 23.6 Å². The van der Waals surface area contributed by atoms with Gasteiger partial charge in [-0.05, 0) is 44.0 Å². The molecule has 2 fully saturated rings. The van der Waals surface area contributed by atoms with E-state index in [1.807, 2.05) is 13.8 Å². The molecule has 4 amide bonds. The second-order valence-corrected chi connectivity index (χ2v) is 10.0. The first-order valence-corrected chi connectivity index (χ1v) is 12.0. The summed E-state index contributed by atoms with van der Waals surface area (Å²) in [4.78, 5) is 55.2. The molecular weight excluding hydrogens is 466 g/mol. The highest BCUT2D eigenvalue weighted by atomic mass is 16.3. The lowest BCUT2D eigenvalue weighted by molar-refractivity contribution is -0.136. The van der Waals surface area contributed by atoms with Gasteiger partial charge >= 0.3 is 0 Å². The van der Waals surface area contributed by atoms with E-state index in [2.05, 4.69) is 20.5 Å². The van der Waals surface area contributed by atoms with E-state index < -0.39 is 11.9 Å². The van der Waals surface area contributed by atoms with Crippen molar-refractivity contribution in [3.63, 3.8) is 0 Å². The minimum Gasteiger partial charge on any atom is -0.395 e. The predicted octanol–water partition coefficient (Wildman–Crippen LogP) is -0.443. The molecule has 2 aromatic rings. The van der Waals surface area contributed by atoms with Gasteiger partial charge in [0.15, 0.2) is 5.69 Å². The van der Waals surface area contributed by atoms with E-state index in [-0.39, 0.29) is 48.5 Å². The molecule has 190 valence electrons. The smallest absolute Gasteiger partial charge is 0.276 e. The van der Waals surface area contributed by atoms with Crippen molar-refractivity contribution in [3.8, 4) is 5.69 Å². The number of imide groups is 1. The quantitative estimate of drug-likeness (QED) is 0.532. The summed E-state index contributed by atoms with van der Waals surface area (Å²) in [6.45, 7) is 6.68. The first-order valence-electron chi connectivity index (χ1n) is 12.0. The SMILES string of the molecule is CC1(C)CN(C(=O)c2cn(-c3ccc4c(c3)CN(C3CCC(=O)NC3=O)C4=O)nn2)CCN1CCO. The van der Waals surface area contributed by atoms with E-state index in [0.29, 0.717) is 43.9 Å². The molecule has 2 N–H and O–H groups in total.